The first-order valence-electron chi connectivity index (χ1n) is 31.0. The fourth-order valence-corrected chi connectivity index (χ4v) is 15.5. The van der Waals surface area contributed by atoms with Gasteiger partial charge in [0.05, 0.1) is 43.1 Å². The van der Waals surface area contributed by atoms with Crippen LogP contribution in [0.25, 0.3) is 44.3 Å². The fraction of sp³-hybridized carbons (Fsp3) is 0.270. The molecule has 1 aliphatic rings. The van der Waals surface area contributed by atoms with Crippen LogP contribution in [0.1, 0.15) is 83.7 Å². The van der Waals surface area contributed by atoms with E-state index in [1.165, 1.54) is 31.9 Å². The molecule has 17 heteroatoms. The zero-order valence-electron chi connectivity index (χ0n) is 53.3. The number of nitrogens with zero attached hydrogens (tertiary/aromatic N) is 4. The van der Waals surface area contributed by atoms with Crippen molar-refractivity contribution in [2.45, 2.75) is 79.8 Å². The summed E-state index contributed by atoms with van der Waals surface area (Å²) in [5.74, 6) is -0.270. The number of rotatable bonds is 28. The first-order chi connectivity index (χ1) is 43.7. The molecule has 9 rings (SSSR count). The number of benzene rings is 8. The molecule has 0 unspecified atom stereocenters. The van der Waals surface area contributed by atoms with E-state index >= 15 is 0 Å². The topological polar surface area (TPSA) is 212 Å². The molecule has 6 N–H and O–H groups in total. The van der Waals surface area contributed by atoms with Gasteiger partial charge in [-0.3, -0.25) is 19.4 Å². The van der Waals surface area contributed by atoms with Crippen LogP contribution in [0.3, 0.4) is 0 Å². The summed E-state index contributed by atoms with van der Waals surface area (Å²) in [4.78, 5) is 29.2. The molecule has 464 valence electrons. The molecule has 0 saturated heterocycles. The van der Waals surface area contributed by atoms with E-state index in [4.69, 9.17) is 9.47 Å². The average Bonchev–Trinajstić information content (AvgIpc) is 0.730. The van der Waals surface area contributed by atoms with Gasteiger partial charge in [-0.05, 0) is 197 Å². The van der Waals surface area contributed by atoms with E-state index in [1.54, 1.807) is 50.2 Å². The summed E-state index contributed by atoms with van der Waals surface area (Å²) in [5, 5.41) is 78.4. The molecular formula is C74H80B2N6O8Si. The van der Waals surface area contributed by atoms with Crippen LogP contribution in [0.15, 0.2) is 158 Å². The van der Waals surface area contributed by atoms with Crippen molar-refractivity contribution in [1.29, 1.82) is 10.5 Å². The van der Waals surface area contributed by atoms with Crippen molar-refractivity contribution >= 4 is 94.2 Å². The fourth-order valence-electron chi connectivity index (χ4n) is 12.5. The Morgan fingerprint density at radius 2 is 1.22 bits per heavy atom. The van der Waals surface area contributed by atoms with Gasteiger partial charge in [-0.15, -0.1) is 0 Å². The minimum Gasteiger partial charge on any atom is -0.423 e. The van der Waals surface area contributed by atoms with Crippen molar-refractivity contribution in [2.75, 3.05) is 58.4 Å². The third-order valence-electron chi connectivity index (χ3n) is 17.5. The maximum absolute atomic E-state index is 12.5. The molecule has 8 aromatic carbocycles. The number of ether oxygens (including phenoxy) is 2. The van der Waals surface area contributed by atoms with Gasteiger partial charge in [0.2, 0.25) is 5.91 Å². The zero-order chi connectivity index (χ0) is 65.1. The second-order valence-corrected chi connectivity index (χ2v) is 28.5. The molecule has 0 aliphatic carbocycles. The van der Waals surface area contributed by atoms with Crippen LogP contribution < -0.4 is 42.4 Å². The lowest BCUT2D eigenvalue weighted by Crippen LogP contribution is -2.63. The van der Waals surface area contributed by atoms with Crippen molar-refractivity contribution in [3.63, 3.8) is 0 Å². The highest BCUT2D eigenvalue weighted by Crippen LogP contribution is 2.39. The van der Waals surface area contributed by atoms with Crippen LogP contribution in [0.2, 0.25) is 13.1 Å². The van der Waals surface area contributed by atoms with Gasteiger partial charge in [-0.2, -0.15) is 10.5 Å². The van der Waals surface area contributed by atoms with E-state index in [2.05, 4.69) is 164 Å². The summed E-state index contributed by atoms with van der Waals surface area (Å²) in [6.45, 7) is 23.4. The van der Waals surface area contributed by atoms with Crippen molar-refractivity contribution < 1.29 is 39.2 Å². The Labute approximate surface area is 536 Å². The Hall–Kier alpha value is -8.55. The Morgan fingerprint density at radius 3 is 1.79 bits per heavy atom. The van der Waals surface area contributed by atoms with E-state index in [9.17, 15) is 40.2 Å². The molecule has 91 heavy (non-hydrogen) atoms. The number of anilines is 1. The summed E-state index contributed by atoms with van der Waals surface area (Å²) in [5.41, 5.74) is 13.1. The summed E-state index contributed by atoms with van der Waals surface area (Å²) >= 11 is 0. The van der Waals surface area contributed by atoms with Gasteiger partial charge in [0.1, 0.15) is 8.07 Å². The monoisotopic (exact) mass is 1230 g/mol. The third kappa shape index (κ3) is 15.4. The lowest BCUT2D eigenvalue weighted by Gasteiger charge is -2.34. The molecule has 0 aromatic heterocycles. The summed E-state index contributed by atoms with van der Waals surface area (Å²) in [7, 11) is -3.85. The van der Waals surface area contributed by atoms with Gasteiger partial charge < -0.3 is 40.2 Å². The number of carbonyl (C=O) groups is 2. The molecule has 0 spiro atoms. The number of aryl methyl sites for hydroxylation is 1. The number of ketones is 1. The second-order valence-electron chi connectivity index (χ2n) is 24.2. The molecule has 0 fully saturated rings. The van der Waals surface area contributed by atoms with E-state index in [0.717, 1.165) is 60.6 Å². The Kier molecular flexibility index (Phi) is 22.1. The normalized spacial score (nSPS) is 12.6. The van der Waals surface area contributed by atoms with E-state index in [-0.39, 0.29) is 62.1 Å². The van der Waals surface area contributed by atoms with Crippen molar-refractivity contribution in [3.05, 3.63) is 218 Å². The van der Waals surface area contributed by atoms with Gasteiger partial charge in [0, 0.05) is 77.1 Å². The largest absolute Gasteiger partial charge is 0.488 e. The predicted molar refractivity (Wildman–Crippen MR) is 371 cm³/mol. The molecule has 8 aromatic rings. The van der Waals surface area contributed by atoms with Crippen molar-refractivity contribution in [3.8, 4) is 23.3 Å². The lowest BCUT2D eigenvalue weighted by molar-refractivity contribution is -0.117. The third-order valence-corrected chi connectivity index (χ3v) is 21.0. The van der Waals surface area contributed by atoms with Gasteiger partial charge in [-0.25, -0.2) is 0 Å². The summed E-state index contributed by atoms with van der Waals surface area (Å²) < 4.78 is 12.4. The van der Waals surface area contributed by atoms with Crippen LogP contribution in [0, 0.1) is 29.6 Å². The molecule has 1 heterocycles. The van der Waals surface area contributed by atoms with Gasteiger partial charge in [-0.1, -0.05) is 117 Å². The first kappa shape index (κ1) is 66.9. The lowest BCUT2D eigenvalue weighted by atomic mass is 9.76. The molecule has 0 radical (unpaired) electrons. The minimum atomic E-state index is -2.21. The first-order valence-corrected chi connectivity index (χ1v) is 34.0. The Balaban J connectivity index is 1.24. The number of amides is 1. The van der Waals surface area contributed by atoms with Crippen LogP contribution in [-0.4, -0.2) is 117 Å². The zero-order valence-corrected chi connectivity index (χ0v) is 54.3. The Morgan fingerprint density at radius 1 is 0.637 bits per heavy atom. The quantitative estimate of drug-likeness (QED) is 0.0127. The van der Waals surface area contributed by atoms with E-state index < -0.39 is 22.3 Å². The van der Waals surface area contributed by atoms with E-state index in [0.29, 0.717) is 79.0 Å². The smallest absolute Gasteiger partial charge is 0.423 e. The second kappa shape index (κ2) is 30.0. The van der Waals surface area contributed by atoms with Gasteiger partial charge >= 0.3 is 14.2 Å². The number of allylic oxidation sites excluding steroid dienone is 1. The number of hydrogen-bond acceptors (Lipinski definition) is 13. The molecular weight excluding hydrogens is 1150 g/mol. The van der Waals surface area contributed by atoms with Gasteiger partial charge in [0.25, 0.3) is 0 Å². The number of Topliss-reactive ketones (excluding diaryl/α,β-unsaturated/α-hetero) is 1. The Bertz CT molecular complexity index is 4330. The highest BCUT2D eigenvalue weighted by molar-refractivity contribution is 7.01. The molecule has 1 amide bonds. The number of nitriles is 2. The number of hydrogen-bond donors (Lipinski definition) is 6. The highest BCUT2D eigenvalue weighted by atomic mass is 28.3. The van der Waals surface area contributed by atoms with Crippen LogP contribution in [-0.2, 0) is 45.2 Å². The van der Waals surface area contributed by atoms with Crippen LogP contribution in [0.4, 0.5) is 5.69 Å². The maximum Gasteiger partial charge on any atom is 0.488 e. The van der Waals surface area contributed by atoms with Crippen LogP contribution in [0.5, 0.6) is 0 Å². The van der Waals surface area contributed by atoms with Gasteiger partial charge in [0.15, 0.2) is 5.78 Å². The van der Waals surface area contributed by atoms with Crippen LogP contribution >= 0.6 is 0 Å². The standard InChI is InChI=1S/C74H80B2N6O8Si/c1-10-51-18-24-62-71(38-51)91(8,9)72-41-58(79-7)23-26-63(72)73(62)64-39-54(21-17-50(64)6)55-22-25-61-65(40-55)67(47-82(30-34-89-32-13-16-70(83)48(2)3)45-57-37-53(43-78)20-28-69(57)76(87)88)60-15-12-11-14-59(60)66(61)46-81(31-35-90-33-29-80-74(84)49(4)5)44-56-36-52(42-77)19-27-68(56)75(85)86/h10-12,14-15,17-28,36-41,79,85-88H,2,4,13,16,29-35,44-47H2,1,3,5-9H3,(H,80,84)/b51-10+. The predicted octanol–water partition coefficient (Wildman–Crippen LogP) is 6.95. The molecule has 1 aliphatic heterocycles. The SMILES string of the molecule is C=C(C)C(=O)CCCOCCN(Cc1cc(C#N)ccc1B(O)O)Cc1c2ccccc2c(CN(CCOCCNC(=O)C(=C)C)Cc2cc(C#N)ccc2B(O)O)c2ccc(-c3ccc(C)c(C4=c5cc/c(=C\C)cc5[Si](C)(C)c5cc(NC)ccc54)c3)cc12. The van der Waals surface area contributed by atoms with Crippen molar-refractivity contribution in [2.24, 2.45) is 0 Å². The number of carbonyl (C=O) groups excluding carboxylic acids is 2. The average molecular weight is 1230 g/mol. The summed E-state index contributed by atoms with van der Waals surface area (Å²) in [6, 6.07) is 49.5. The van der Waals surface area contributed by atoms with E-state index in [1.807, 2.05) is 19.2 Å². The van der Waals surface area contributed by atoms with Crippen molar-refractivity contribution in [1.82, 2.24) is 15.1 Å². The molecule has 0 bridgehead atoms. The molecule has 14 nitrogen and oxygen atoms in total. The number of fused-ring (bicyclic) bond motifs is 4. The highest BCUT2D eigenvalue weighted by Gasteiger charge is 2.36. The summed E-state index contributed by atoms with van der Waals surface area (Å²) in [6.07, 6.45) is 3.01. The maximum atomic E-state index is 12.5. The molecule has 0 saturated carbocycles. The molecule has 0 atom stereocenters. The number of nitrogens with one attached hydrogen (secondary N) is 2. The minimum absolute atomic E-state index is 0.0117.